The summed E-state index contributed by atoms with van der Waals surface area (Å²) in [5.74, 6) is 0.219. The van der Waals surface area contributed by atoms with E-state index in [1.807, 2.05) is 6.92 Å². The highest BCUT2D eigenvalue weighted by atomic mass is 16.5. The summed E-state index contributed by atoms with van der Waals surface area (Å²) >= 11 is 0. The molecule has 0 N–H and O–H groups in total. The van der Waals surface area contributed by atoms with Crippen molar-refractivity contribution in [2.75, 3.05) is 27.3 Å². The molecule has 0 spiro atoms. The molecule has 0 radical (unpaired) electrons. The van der Waals surface area contributed by atoms with Gasteiger partial charge in [0, 0.05) is 33.7 Å². The van der Waals surface area contributed by atoms with Crippen molar-refractivity contribution in [3.63, 3.8) is 0 Å². The van der Waals surface area contributed by atoms with Crippen LogP contribution in [0, 0.1) is 0 Å². The highest BCUT2D eigenvalue weighted by molar-refractivity contribution is 5.75. The smallest absolute Gasteiger partial charge is 0.222 e. The molecular formula is C10H21NO2. The fraction of sp³-hybridized carbons (Fsp3) is 0.900. The Bertz CT molecular complexity index is 135. The van der Waals surface area contributed by atoms with Gasteiger partial charge in [-0.05, 0) is 19.8 Å². The number of rotatable bonds is 7. The molecule has 1 amide bonds. The monoisotopic (exact) mass is 187 g/mol. The van der Waals surface area contributed by atoms with Crippen LogP contribution in [0.4, 0.5) is 0 Å². The summed E-state index contributed by atoms with van der Waals surface area (Å²) in [6.07, 6.45) is 3.79. The van der Waals surface area contributed by atoms with Crippen LogP contribution in [-0.4, -0.2) is 38.1 Å². The van der Waals surface area contributed by atoms with Gasteiger partial charge in [-0.3, -0.25) is 4.79 Å². The third-order valence-corrected chi connectivity index (χ3v) is 1.88. The average Bonchev–Trinajstić information content (AvgIpc) is 2.10. The Morgan fingerprint density at radius 1 is 1.23 bits per heavy atom. The first-order chi connectivity index (χ1) is 6.18. The van der Waals surface area contributed by atoms with Crippen molar-refractivity contribution in [3.05, 3.63) is 0 Å². The number of unbranched alkanes of at least 4 members (excludes halogenated alkanes) is 2. The van der Waals surface area contributed by atoms with Crippen LogP contribution in [0.1, 0.15) is 32.6 Å². The van der Waals surface area contributed by atoms with Gasteiger partial charge in [0.15, 0.2) is 0 Å². The molecule has 0 aliphatic heterocycles. The summed E-state index contributed by atoms with van der Waals surface area (Å²) in [4.78, 5) is 12.8. The molecule has 0 heterocycles. The molecule has 3 heteroatoms. The SMILES string of the molecule is CCOCCCCCC(=O)N(C)C. The molecule has 0 aliphatic rings. The number of carbonyl (C=O) groups is 1. The van der Waals surface area contributed by atoms with Crippen LogP contribution in [0.25, 0.3) is 0 Å². The molecule has 0 fully saturated rings. The molecule has 0 aliphatic carbocycles. The zero-order valence-corrected chi connectivity index (χ0v) is 9.01. The molecule has 13 heavy (non-hydrogen) atoms. The second-order valence-electron chi connectivity index (χ2n) is 3.30. The summed E-state index contributed by atoms with van der Waals surface area (Å²) < 4.78 is 5.19. The van der Waals surface area contributed by atoms with E-state index in [1.165, 1.54) is 0 Å². The summed E-state index contributed by atoms with van der Waals surface area (Å²) in [7, 11) is 3.59. The third-order valence-electron chi connectivity index (χ3n) is 1.88. The molecule has 0 saturated heterocycles. The average molecular weight is 187 g/mol. The molecule has 0 saturated carbocycles. The van der Waals surface area contributed by atoms with Gasteiger partial charge in [0.25, 0.3) is 0 Å². The topological polar surface area (TPSA) is 29.5 Å². The zero-order valence-electron chi connectivity index (χ0n) is 9.01. The van der Waals surface area contributed by atoms with E-state index < -0.39 is 0 Å². The van der Waals surface area contributed by atoms with Gasteiger partial charge >= 0.3 is 0 Å². The number of nitrogens with zero attached hydrogens (tertiary/aromatic N) is 1. The van der Waals surface area contributed by atoms with Crippen molar-refractivity contribution in [2.45, 2.75) is 32.6 Å². The van der Waals surface area contributed by atoms with Crippen LogP contribution in [0.3, 0.4) is 0 Å². The zero-order chi connectivity index (χ0) is 10.1. The number of hydrogen-bond donors (Lipinski definition) is 0. The van der Waals surface area contributed by atoms with Crippen molar-refractivity contribution in [1.82, 2.24) is 4.90 Å². The molecule has 0 bridgehead atoms. The second-order valence-corrected chi connectivity index (χ2v) is 3.30. The first-order valence-corrected chi connectivity index (χ1v) is 4.96. The summed E-state index contributed by atoms with van der Waals surface area (Å²) in [5, 5.41) is 0. The fourth-order valence-corrected chi connectivity index (χ4v) is 1.03. The van der Waals surface area contributed by atoms with Gasteiger partial charge in [-0.2, -0.15) is 0 Å². The lowest BCUT2D eigenvalue weighted by Crippen LogP contribution is -2.21. The van der Waals surface area contributed by atoms with E-state index >= 15 is 0 Å². The van der Waals surface area contributed by atoms with Crippen LogP contribution < -0.4 is 0 Å². The Morgan fingerprint density at radius 3 is 2.46 bits per heavy atom. The van der Waals surface area contributed by atoms with Crippen LogP contribution in [0.5, 0.6) is 0 Å². The molecule has 0 aromatic heterocycles. The Kier molecular flexibility index (Phi) is 7.69. The predicted molar refractivity (Wildman–Crippen MR) is 53.7 cm³/mol. The minimum absolute atomic E-state index is 0.219. The van der Waals surface area contributed by atoms with E-state index in [0.29, 0.717) is 6.42 Å². The lowest BCUT2D eigenvalue weighted by Gasteiger charge is -2.09. The van der Waals surface area contributed by atoms with Gasteiger partial charge in [-0.25, -0.2) is 0 Å². The quantitative estimate of drug-likeness (QED) is 0.567. The Labute approximate surface area is 81.1 Å². The van der Waals surface area contributed by atoms with Crippen molar-refractivity contribution >= 4 is 5.91 Å². The number of hydrogen-bond acceptors (Lipinski definition) is 2. The predicted octanol–water partition coefficient (Wildman–Crippen LogP) is 1.67. The van der Waals surface area contributed by atoms with E-state index in [9.17, 15) is 4.79 Å². The van der Waals surface area contributed by atoms with E-state index in [2.05, 4.69) is 0 Å². The molecule has 0 unspecified atom stereocenters. The molecule has 3 nitrogen and oxygen atoms in total. The van der Waals surface area contributed by atoms with Gasteiger partial charge in [0.2, 0.25) is 5.91 Å². The van der Waals surface area contributed by atoms with E-state index in [0.717, 1.165) is 32.5 Å². The molecule has 0 aromatic rings. The van der Waals surface area contributed by atoms with E-state index in [1.54, 1.807) is 19.0 Å². The van der Waals surface area contributed by atoms with Crippen molar-refractivity contribution < 1.29 is 9.53 Å². The lowest BCUT2D eigenvalue weighted by molar-refractivity contribution is -0.128. The molecule has 78 valence electrons. The Morgan fingerprint density at radius 2 is 1.92 bits per heavy atom. The minimum atomic E-state index is 0.219. The maximum Gasteiger partial charge on any atom is 0.222 e. The maximum absolute atomic E-state index is 11.1. The normalized spacial score (nSPS) is 10.1. The largest absolute Gasteiger partial charge is 0.382 e. The van der Waals surface area contributed by atoms with Gasteiger partial charge in [0.1, 0.15) is 0 Å². The standard InChI is InChI=1S/C10H21NO2/c1-4-13-9-7-5-6-8-10(12)11(2)3/h4-9H2,1-3H3. The van der Waals surface area contributed by atoms with Gasteiger partial charge in [-0.15, -0.1) is 0 Å². The van der Waals surface area contributed by atoms with Gasteiger partial charge < -0.3 is 9.64 Å². The second kappa shape index (κ2) is 8.05. The van der Waals surface area contributed by atoms with E-state index in [-0.39, 0.29) is 5.91 Å². The highest BCUT2D eigenvalue weighted by Crippen LogP contribution is 2.01. The van der Waals surface area contributed by atoms with Crippen molar-refractivity contribution in [3.8, 4) is 0 Å². The summed E-state index contributed by atoms with van der Waals surface area (Å²) in [6.45, 7) is 3.61. The number of ether oxygens (including phenoxy) is 1. The third kappa shape index (κ3) is 7.78. The molecule has 0 aromatic carbocycles. The Balaban J connectivity index is 3.12. The van der Waals surface area contributed by atoms with E-state index in [4.69, 9.17) is 4.74 Å². The van der Waals surface area contributed by atoms with Crippen LogP contribution in [0.15, 0.2) is 0 Å². The van der Waals surface area contributed by atoms with Crippen LogP contribution >= 0.6 is 0 Å². The lowest BCUT2D eigenvalue weighted by atomic mass is 10.2. The first-order valence-electron chi connectivity index (χ1n) is 4.96. The number of carbonyl (C=O) groups excluding carboxylic acids is 1. The van der Waals surface area contributed by atoms with Crippen LogP contribution in [-0.2, 0) is 9.53 Å². The molecule has 0 atom stereocenters. The Hall–Kier alpha value is -0.570. The fourth-order valence-electron chi connectivity index (χ4n) is 1.03. The van der Waals surface area contributed by atoms with Gasteiger partial charge in [0.05, 0.1) is 0 Å². The van der Waals surface area contributed by atoms with Crippen LogP contribution in [0.2, 0.25) is 0 Å². The minimum Gasteiger partial charge on any atom is -0.382 e. The number of amides is 1. The van der Waals surface area contributed by atoms with Gasteiger partial charge in [-0.1, -0.05) is 6.42 Å². The summed E-state index contributed by atoms with van der Waals surface area (Å²) in [6, 6.07) is 0. The molecule has 0 rings (SSSR count). The highest BCUT2D eigenvalue weighted by Gasteiger charge is 2.02. The first kappa shape index (κ1) is 12.4. The van der Waals surface area contributed by atoms with Crippen molar-refractivity contribution in [2.24, 2.45) is 0 Å². The maximum atomic E-state index is 11.1. The summed E-state index contributed by atoms with van der Waals surface area (Å²) in [5.41, 5.74) is 0. The van der Waals surface area contributed by atoms with Crippen molar-refractivity contribution in [1.29, 1.82) is 0 Å². The molecular weight excluding hydrogens is 166 g/mol.